The van der Waals surface area contributed by atoms with E-state index in [4.69, 9.17) is 0 Å². The monoisotopic (exact) mass is 698 g/mol. The molecule has 0 unspecified atom stereocenters. The van der Waals surface area contributed by atoms with Crippen LogP contribution in [0, 0.1) is 0 Å². The van der Waals surface area contributed by atoms with Crippen LogP contribution in [-0.2, 0) is 0 Å². The average Bonchev–Trinajstić information content (AvgIpc) is 3.08. The zero-order valence-electron chi connectivity index (χ0n) is 34.5. The van der Waals surface area contributed by atoms with Crippen LogP contribution in [0.25, 0.3) is 0 Å². The number of hydrogen-bond donors (Lipinski definition) is 0. The van der Waals surface area contributed by atoms with Crippen molar-refractivity contribution in [1.82, 2.24) is 0 Å². The molecule has 0 spiro atoms. The van der Waals surface area contributed by atoms with Crippen LogP contribution in [0.4, 0.5) is 0 Å². The Morgan fingerprint density at radius 2 is 0.312 bits per heavy atom. The maximum atomic E-state index is 2.35. The first-order valence-corrected chi connectivity index (χ1v) is 23.1. The summed E-state index contributed by atoms with van der Waals surface area (Å²) in [5, 5.41) is 0. The largest absolute Gasteiger partial charge is 1.00 e. The fraction of sp³-hybridized carbons (Fsp3) is 1.00. The molecule has 0 heterocycles. The molecule has 1 nitrogen and oxygen atoms in total. The summed E-state index contributed by atoms with van der Waals surface area (Å²) in [5.74, 6) is 0. The number of halogens is 1. The van der Waals surface area contributed by atoms with Gasteiger partial charge in [0, 0.05) is 0 Å². The van der Waals surface area contributed by atoms with Crippen LogP contribution < -0.4 is 12.4 Å². The van der Waals surface area contributed by atoms with Crippen LogP contribution >= 0.6 is 0 Å². The zero-order valence-corrected chi connectivity index (χ0v) is 35.3. The number of quaternary nitrogens is 1. The highest BCUT2D eigenvalue weighted by Gasteiger charge is 2.25. The van der Waals surface area contributed by atoms with E-state index in [1.165, 1.54) is 275 Å². The van der Waals surface area contributed by atoms with E-state index in [2.05, 4.69) is 27.7 Å². The van der Waals surface area contributed by atoms with Gasteiger partial charge in [-0.25, -0.2) is 0 Å². The molecule has 0 atom stereocenters. The van der Waals surface area contributed by atoms with Crippen molar-refractivity contribution in [3.05, 3.63) is 0 Å². The predicted molar refractivity (Wildman–Crippen MR) is 218 cm³/mol. The van der Waals surface area contributed by atoms with Crippen LogP contribution in [0.3, 0.4) is 0 Å². The second kappa shape index (κ2) is 43.4. The lowest BCUT2D eigenvalue weighted by molar-refractivity contribution is -0.929. The summed E-state index contributed by atoms with van der Waals surface area (Å²) in [5.41, 5.74) is 0. The lowest BCUT2D eigenvalue weighted by Crippen LogP contribution is -3.00. The van der Waals surface area contributed by atoms with Crippen LogP contribution in [-0.4, -0.2) is 30.7 Å². The Morgan fingerprint density at radius 1 is 0.188 bits per heavy atom. The van der Waals surface area contributed by atoms with Crippen molar-refractivity contribution < 1.29 is 16.9 Å². The smallest absolute Gasteiger partial charge is 0.0786 e. The summed E-state index contributed by atoms with van der Waals surface area (Å²) in [6, 6.07) is 0. The van der Waals surface area contributed by atoms with Crippen molar-refractivity contribution in [3.63, 3.8) is 0 Å². The van der Waals surface area contributed by atoms with E-state index in [-0.39, 0.29) is 12.4 Å². The Morgan fingerprint density at radius 3 is 0.458 bits per heavy atom. The summed E-state index contributed by atoms with van der Waals surface area (Å²) >= 11 is 0. The fourth-order valence-electron chi connectivity index (χ4n) is 8.06. The lowest BCUT2D eigenvalue weighted by atomic mass is 10.0. The first-order valence-electron chi connectivity index (χ1n) is 23.1. The molecule has 0 amide bonds. The van der Waals surface area contributed by atoms with Crippen LogP contribution in [0.2, 0.25) is 0 Å². The number of hydrogen-bond acceptors (Lipinski definition) is 0. The van der Waals surface area contributed by atoms with Gasteiger partial charge in [0.2, 0.25) is 0 Å². The van der Waals surface area contributed by atoms with Crippen molar-refractivity contribution in [1.29, 1.82) is 0 Å². The fourth-order valence-corrected chi connectivity index (χ4v) is 8.06. The second-order valence-electron chi connectivity index (χ2n) is 16.3. The molecule has 0 saturated carbocycles. The topological polar surface area (TPSA) is 0 Å². The molecule has 292 valence electrons. The SMILES string of the molecule is CCCCCCCCCCCCCCCCCCCCCC[N+](CCCCCCCC)(CCCCCCCC)CCCCCCCC.[Cl-]. The minimum absolute atomic E-state index is 0. The van der Waals surface area contributed by atoms with Gasteiger partial charge in [-0.05, 0) is 51.4 Å². The predicted octanol–water partition coefficient (Wildman–Crippen LogP) is 13.7. The molecule has 0 aliphatic carbocycles. The molecule has 0 aliphatic rings. The quantitative estimate of drug-likeness (QED) is 0.0440. The normalized spacial score (nSPS) is 11.8. The van der Waals surface area contributed by atoms with Gasteiger partial charge in [-0.2, -0.15) is 0 Å². The molecule has 0 aromatic carbocycles. The van der Waals surface area contributed by atoms with Gasteiger partial charge in [-0.1, -0.05) is 220 Å². The highest BCUT2D eigenvalue weighted by molar-refractivity contribution is 4.56. The third-order valence-corrected chi connectivity index (χ3v) is 11.4. The molecule has 0 N–H and O–H groups in total. The molecule has 0 aliphatic heterocycles. The molecule has 0 aromatic heterocycles. The van der Waals surface area contributed by atoms with Gasteiger partial charge in [-0.15, -0.1) is 0 Å². The van der Waals surface area contributed by atoms with Crippen LogP contribution in [0.1, 0.15) is 272 Å². The lowest BCUT2D eigenvalue weighted by Gasteiger charge is -2.40. The molecule has 0 bridgehead atoms. The van der Waals surface area contributed by atoms with Gasteiger partial charge in [0.15, 0.2) is 0 Å². The Hall–Kier alpha value is 0.250. The van der Waals surface area contributed by atoms with Gasteiger partial charge in [0.25, 0.3) is 0 Å². The van der Waals surface area contributed by atoms with Crippen molar-refractivity contribution in [2.75, 3.05) is 26.2 Å². The van der Waals surface area contributed by atoms with Gasteiger partial charge < -0.3 is 16.9 Å². The van der Waals surface area contributed by atoms with E-state index in [0.29, 0.717) is 0 Å². The maximum Gasteiger partial charge on any atom is 0.0786 e. The molecule has 0 radical (unpaired) electrons. The van der Waals surface area contributed by atoms with E-state index in [1.54, 1.807) is 0 Å². The molecule has 2 heteroatoms. The first-order chi connectivity index (χ1) is 23.2. The van der Waals surface area contributed by atoms with Crippen molar-refractivity contribution >= 4 is 0 Å². The third kappa shape index (κ3) is 37.5. The van der Waals surface area contributed by atoms with Crippen molar-refractivity contribution in [3.8, 4) is 0 Å². The minimum atomic E-state index is 0. The molecule has 0 saturated heterocycles. The van der Waals surface area contributed by atoms with E-state index in [0.717, 1.165) is 0 Å². The van der Waals surface area contributed by atoms with Gasteiger partial charge in [0.1, 0.15) is 0 Å². The Bertz CT molecular complexity index is 507. The molecule has 0 aromatic rings. The van der Waals surface area contributed by atoms with Crippen molar-refractivity contribution in [2.24, 2.45) is 0 Å². The van der Waals surface area contributed by atoms with Crippen LogP contribution in [0.15, 0.2) is 0 Å². The van der Waals surface area contributed by atoms with E-state index in [9.17, 15) is 0 Å². The number of rotatable bonds is 42. The Labute approximate surface area is 313 Å². The standard InChI is InChI=1S/C46H96N.ClH/c1-5-9-13-17-21-22-23-24-25-26-27-28-29-30-31-32-33-34-38-42-46-47(43-39-35-18-14-10-6-2,44-40-36-19-15-11-7-3)45-41-37-20-16-12-8-4;/h5-46H2,1-4H3;1H/q+1;/p-1. The molecule has 48 heavy (non-hydrogen) atoms. The minimum Gasteiger partial charge on any atom is -1.00 e. The average molecular weight is 699 g/mol. The van der Waals surface area contributed by atoms with E-state index < -0.39 is 0 Å². The van der Waals surface area contributed by atoms with Crippen molar-refractivity contribution in [2.45, 2.75) is 272 Å². The van der Waals surface area contributed by atoms with E-state index in [1.807, 2.05) is 0 Å². The molecule has 0 rings (SSSR count). The van der Waals surface area contributed by atoms with Crippen LogP contribution in [0.5, 0.6) is 0 Å². The molecule has 0 fully saturated rings. The molecular weight excluding hydrogens is 602 g/mol. The second-order valence-corrected chi connectivity index (χ2v) is 16.3. The number of unbranched alkanes of at least 4 members (excludes halogenated alkanes) is 34. The summed E-state index contributed by atoms with van der Waals surface area (Å²) in [7, 11) is 0. The maximum absolute atomic E-state index is 2.35. The first kappa shape index (κ1) is 50.4. The molecular formula is C46H96ClN. The van der Waals surface area contributed by atoms with Gasteiger partial charge in [-0.3, -0.25) is 0 Å². The van der Waals surface area contributed by atoms with Gasteiger partial charge in [0.05, 0.1) is 26.2 Å². The summed E-state index contributed by atoms with van der Waals surface area (Å²) in [4.78, 5) is 0. The summed E-state index contributed by atoms with van der Waals surface area (Å²) in [6.45, 7) is 15.3. The third-order valence-electron chi connectivity index (χ3n) is 11.4. The highest BCUT2D eigenvalue weighted by Crippen LogP contribution is 2.21. The number of nitrogens with zero attached hydrogens (tertiary/aromatic N) is 1. The Kier molecular flexibility index (Phi) is 45.5. The zero-order chi connectivity index (χ0) is 34.2. The van der Waals surface area contributed by atoms with E-state index >= 15 is 0 Å². The summed E-state index contributed by atoms with van der Waals surface area (Å²) < 4.78 is 1.48. The highest BCUT2D eigenvalue weighted by atomic mass is 35.5. The summed E-state index contributed by atoms with van der Waals surface area (Å²) in [6.07, 6.45) is 55.7. The Balaban J connectivity index is 0. The van der Waals surface area contributed by atoms with Gasteiger partial charge >= 0.3 is 0 Å².